The van der Waals surface area contributed by atoms with Gasteiger partial charge in [0.2, 0.25) is 11.8 Å². The number of nitrogens with two attached hydrogens (primary N) is 2. The molecule has 1 unspecified atom stereocenters. The number of hydrogen-bond donors (Lipinski definition) is 3. The fraction of sp³-hybridized carbons (Fsp3) is 0.484. The zero-order valence-electron chi connectivity index (χ0n) is 24.4. The minimum atomic E-state index is -0.636. The summed E-state index contributed by atoms with van der Waals surface area (Å²) in [7, 11) is 0. The molecule has 0 bridgehead atoms. The second-order valence-corrected chi connectivity index (χ2v) is 11.3. The minimum absolute atomic E-state index is 0. The molecule has 2 heterocycles. The van der Waals surface area contributed by atoms with Crippen LogP contribution in [0.2, 0.25) is 0 Å². The van der Waals surface area contributed by atoms with Gasteiger partial charge < -0.3 is 31.6 Å². The predicted octanol–water partition coefficient (Wildman–Crippen LogP) is 1.91. The summed E-state index contributed by atoms with van der Waals surface area (Å²) in [6.07, 6.45) is 1.12. The van der Waals surface area contributed by atoms with Gasteiger partial charge in [-0.1, -0.05) is 31.2 Å². The first kappa shape index (κ1) is 31.3. The van der Waals surface area contributed by atoms with E-state index in [-0.39, 0.29) is 32.0 Å². The lowest BCUT2D eigenvalue weighted by molar-refractivity contribution is -0.134. The van der Waals surface area contributed by atoms with Crippen molar-refractivity contribution in [3.05, 3.63) is 70.5 Å². The van der Waals surface area contributed by atoms with E-state index in [4.69, 9.17) is 16.9 Å². The Labute approximate surface area is 249 Å². The number of rotatable bonds is 11. The van der Waals surface area contributed by atoms with Gasteiger partial charge in [-0.15, -0.1) is 0 Å². The zero-order chi connectivity index (χ0) is 30.2. The van der Waals surface area contributed by atoms with Gasteiger partial charge in [0.25, 0.3) is 5.91 Å². The lowest BCUT2D eigenvalue weighted by Crippen LogP contribution is -2.54. The number of nitrogens with zero attached hydrogens (tertiary/aromatic N) is 4. The molecule has 1 atom stereocenters. The molecule has 2 aromatic rings. The maximum absolute atomic E-state index is 14.8. The molecule has 4 rings (SSSR count). The van der Waals surface area contributed by atoms with Crippen LogP contribution in [-0.4, -0.2) is 115 Å². The molecular weight excluding hydrogens is 537 g/mol. The number of amides is 3. The molecule has 230 valence electrons. The van der Waals surface area contributed by atoms with Gasteiger partial charge in [0.15, 0.2) is 0 Å². The van der Waals surface area contributed by atoms with E-state index in [9.17, 15) is 18.8 Å². The number of halogens is 1. The van der Waals surface area contributed by atoms with E-state index in [0.29, 0.717) is 56.3 Å². The predicted molar refractivity (Wildman–Crippen MR) is 164 cm³/mol. The van der Waals surface area contributed by atoms with Gasteiger partial charge in [-0.2, -0.15) is 0 Å². The van der Waals surface area contributed by atoms with E-state index < -0.39 is 17.6 Å². The Morgan fingerprint density at radius 3 is 2.17 bits per heavy atom. The first-order valence-electron chi connectivity index (χ1n) is 14.6. The number of carbonyl (C=O) groups is 3. The molecule has 2 saturated heterocycles. The van der Waals surface area contributed by atoms with E-state index in [1.54, 1.807) is 34.1 Å². The average Bonchev–Trinajstić information content (AvgIpc) is 2.99. The molecule has 2 aliphatic heterocycles. The standard InChI is InChI=1S/C31H42FN7O3.2H2/c1-22(8-9-33)20-36-10-12-37(13-11-36)21-29(40)38-14-16-39(17-15-38)31(42)26-18-23(6-7-27(26)32)19-28(34)24-4-2-3-5-25(24)30(35)41;;/h2-7,18,22,34H,8-17,19-21,33H2,1H3,(H2,35,41);2*1H. The highest BCUT2D eigenvalue weighted by Gasteiger charge is 2.28. The summed E-state index contributed by atoms with van der Waals surface area (Å²) in [4.78, 5) is 46.0. The van der Waals surface area contributed by atoms with Crippen molar-refractivity contribution < 1.29 is 21.6 Å². The zero-order valence-corrected chi connectivity index (χ0v) is 24.4. The number of piperazine rings is 2. The van der Waals surface area contributed by atoms with Gasteiger partial charge in [0.1, 0.15) is 5.82 Å². The van der Waals surface area contributed by atoms with Crippen LogP contribution >= 0.6 is 0 Å². The SMILES string of the molecule is CC(CCN)CN1CCN(CC(=O)N2CCN(C(=O)c3cc(CC(=N)c4ccccc4C(N)=O)ccc3F)CC2)CC1.[HH].[HH]. The molecule has 0 aliphatic carbocycles. The Morgan fingerprint density at radius 1 is 0.905 bits per heavy atom. The Bertz CT molecular complexity index is 1300. The number of nitrogens with one attached hydrogen (secondary N) is 1. The fourth-order valence-electron chi connectivity index (χ4n) is 5.67. The summed E-state index contributed by atoms with van der Waals surface area (Å²) in [5.74, 6) is -1.09. The second kappa shape index (κ2) is 14.5. The van der Waals surface area contributed by atoms with Crippen LogP contribution in [0.4, 0.5) is 4.39 Å². The summed E-state index contributed by atoms with van der Waals surface area (Å²) < 4.78 is 14.8. The van der Waals surface area contributed by atoms with Crippen molar-refractivity contribution >= 4 is 23.4 Å². The van der Waals surface area contributed by atoms with Gasteiger partial charge in [-0.05, 0) is 42.6 Å². The quantitative estimate of drug-likeness (QED) is 0.346. The molecule has 5 N–H and O–H groups in total. The van der Waals surface area contributed by atoms with Gasteiger partial charge >= 0.3 is 0 Å². The van der Waals surface area contributed by atoms with Crippen molar-refractivity contribution in [1.82, 2.24) is 19.6 Å². The topological polar surface area (TPSA) is 140 Å². The first-order chi connectivity index (χ1) is 20.2. The van der Waals surface area contributed by atoms with Crippen molar-refractivity contribution in [3.63, 3.8) is 0 Å². The lowest BCUT2D eigenvalue weighted by Gasteiger charge is -2.38. The van der Waals surface area contributed by atoms with Crippen molar-refractivity contribution in [2.45, 2.75) is 19.8 Å². The molecule has 2 aliphatic rings. The normalized spacial score (nSPS) is 17.2. The Balaban J connectivity index is 0.00000337. The molecule has 2 fully saturated rings. The molecule has 42 heavy (non-hydrogen) atoms. The van der Waals surface area contributed by atoms with Crippen LogP contribution in [-0.2, 0) is 11.2 Å². The Morgan fingerprint density at radius 2 is 1.52 bits per heavy atom. The van der Waals surface area contributed by atoms with Gasteiger partial charge in [-0.3, -0.25) is 19.3 Å². The van der Waals surface area contributed by atoms with Crippen LogP contribution in [0.1, 0.15) is 48.0 Å². The Kier molecular flexibility index (Phi) is 10.8. The first-order valence-corrected chi connectivity index (χ1v) is 14.6. The van der Waals surface area contributed by atoms with Crippen LogP contribution in [0.15, 0.2) is 42.5 Å². The third kappa shape index (κ3) is 7.99. The maximum Gasteiger partial charge on any atom is 0.256 e. The summed E-state index contributed by atoms with van der Waals surface area (Å²) in [6.45, 7) is 9.33. The van der Waals surface area contributed by atoms with Gasteiger partial charge in [-0.25, -0.2) is 4.39 Å². The van der Waals surface area contributed by atoms with Crippen molar-refractivity contribution in [1.29, 1.82) is 5.41 Å². The molecule has 0 radical (unpaired) electrons. The third-order valence-electron chi connectivity index (χ3n) is 8.13. The van der Waals surface area contributed by atoms with Gasteiger partial charge in [0, 0.05) is 85.0 Å². The van der Waals surface area contributed by atoms with E-state index in [1.807, 2.05) is 0 Å². The molecule has 2 aromatic carbocycles. The van der Waals surface area contributed by atoms with E-state index >= 15 is 0 Å². The molecule has 0 saturated carbocycles. The minimum Gasteiger partial charge on any atom is -0.366 e. The molecule has 10 nitrogen and oxygen atoms in total. The van der Waals surface area contributed by atoms with Crippen LogP contribution in [0.5, 0.6) is 0 Å². The molecule has 0 aromatic heterocycles. The highest BCUT2D eigenvalue weighted by molar-refractivity contribution is 6.09. The summed E-state index contributed by atoms with van der Waals surface area (Å²) in [6, 6.07) is 10.8. The number of benzene rings is 2. The summed E-state index contributed by atoms with van der Waals surface area (Å²) in [5.41, 5.74) is 12.4. The molecular formula is C31H46FN7O3. The fourth-order valence-corrected chi connectivity index (χ4v) is 5.67. The number of carbonyl (C=O) groups excluding carboxylic acids is 3. The number of hydrogen-bond acceptors (Lipinski definition) is 7. The smallest absolute Gasteiger partial charge is 0.256 e. The largest absolute Gasteiger partial charge is 0.366 e. The highest BCUT2D eigenvalue weighted by atomic mass is 19.1. The van der Waals surface area contributed by atoms with Crippen LogP contribution in [0, 0.1) is 17.1 Å². The second-order valence-electron chi connectivity index (χ2n) is 11.3. The summed E-state index contributed by atoms with van der Waals surface area (Å²) in [5, 5.41) is 8.49. The highest BCUT2D eigenvalue weighted by Crippen LogP contribution is 2.18. The van der Waals surface area contributed by atoms with Crippen molar-refractivity contribution in [3.8, 4) is 0 Å². The Hall–Kier alpha value is -3.67. The van der Waals surface area contributed by atoms with Crippen LogP contribution in [0.3, 0.4) is 0 Å². The third-order valence-corrected chi connectivity index (χ3v) is 8.13. The molecule has 3 amide bonds. The van der Waals surface area contributed by atoms with Gasteiger partial charge in [0.05, 0.1) is 12.1 Å². The van der Waals surface area contributed by atoms with Crippen molar-refractivity contribution in [2.75, 3.05) is 72.0 Å². The number of primary amides is 1. The average molecular weight is 584 g/mol. The summed E-state index contributed by atoms with van der Waals surface area (Å²) >= 11 is 0. The van der Waals surface area contributed by atoms with E-state index in [1.165, 1.54) is 18.2 Å². The van der Waals surface area contributed by atoms with Crippen molar-refractivity contribution in [2.24, 2.45) is 17.4 Å². The monoisotopic (exact) mass is 583 g/mol. The molecule has 11 heteroatoms. The lowest BCUT2D eigenvalue weighted by atomic mass is 9.96. The van der Waals surface area contributed by atoms with E-state index in [2.05, 4.69) is 16.7 Å². The molecule has 0 spiro atoms. The van der Waals surface area contributed by atoms with Crippen LogP contribution in [0.25, 0.3) is 0 Å². The maximum atomic E-state index is 14.8. The van der Waals surface area contributed by atoms with Crippen LogP contribution < -0.4 is 11.5 Å². The van der Waals surface area contributed by atoms with E-state index in [0.717, 1.165) is 39.1 Å².